The lowest BCUT2D eigenvalue weighted by Gasteiger charge is -2.07. The number of aliphatic hydroxyl groups is 2. The fourth-order valence-corrected chi connectivity index (χ4v) is 2.64. The maximum Gasteiger partial charge on any atom is 0.305 e. The van der Waals surface area contributed by atoms with Crippen molar-refractivity contribution in [3.05, 3.63) is 12.2 Å². The molecule has 0 heterocycles. The molecule has 1 unspecified atom stereocenters. The number of unbranched alkanes of at least 4 members (excludes halogenated alkanes) is 8. The molecule has 0 aliphatic rings. The van der Waals surface area contributed by atoms with Crippen LogP contribution in [0.15, 0.2) is 12.2 Å². The number of allylic oxidation sites excluding steroid dienone is 1. The highest BCUT2D eigenvalue weighted by Gasteiger charge is 2.04. The molecule has 4 heteroatoms. The third-order valence-electron chi connectivity index (χ3n) is 4.20. The quantitative estimate of drug-likeness (QED) is 0.220. The largest absolute Gasteiger partial charge is 0.463 e. The average Bonchev–Trinajstić information content (AvgIpc) is 2.58. The van der Waals surface area contributed by atoms with Crippen LogP contribution in [0.5, 0.6) is 0 Å². The molecule has 2 N–H and O–H groups in total. The number of hydrogen-bond donors (Lipinski definition) is 2. The van der Waals surface area contributed by atoms with Crippen molar-refractivity contribution in [1.29, 1.82) is 0 Å². The first-order valence-corrected chi connectivity index (χ1v) is 10.2. The Bertz CT molecular complexity index is 326. The van der Waals surface area contributed by atoms with Gasteiger partial charge in [-0.1, -0.05) is 64.0 Å². The minimum atomic E-state index is -0.584. The van der Waals surface area contributed by atoms with Crippen LogP contribution in [0.25, 0.3) is 0 Å². The summed E-state index contributed by atoms with van der Waals surface area (Å²) >= 11 is 0. The van der Waals surface area contributed by atoms with Crippen LogP contribution in [0.3, 0.4) is 0 Å². The second-order valence-corrected chi connectivity index (χ2v) is 7.05. The van der Waals surface area contributed by atoms with Crippen molar-refractivity contribution < 1.29 is 19.7 Å². The van der Waals surface area contributed by atoms with E-state index in [0.29, 0.717) is 6.42 Å². The molecule has 0 aromatic rings. The van der Waals surface area contributed by atoms with E-state index in [4.69, 9.17) is 9.84 Å². The monoisotopic (exact) mass is 356 g/mol. The summed E-state index contributed by atoms with van der Waals surface area (Å²) in [6.07, 6.45) is 17.0. The van der Waals surface area contributed by atoms with Crippen molar-refractivity contribution in [2.75, 3.05) is 6.61 Å². The lowest BCUT2D eigenvalue weighted by molar-refractivity contribution is -0.146. The van der Waals surface area contributed by atoms with Crippen LogP contribution >= 0.6 is 0 Å². The molecular weight excluding hydrogens is 316 g/mol. The lowest BCUT2D eigenvalue weighted by Crippen LogP contribution is -2.14. The summed E-state index contributed by atoms with van der Waals surface area (Å²) in [6, 6.07) is 0. The number of hydrogen-bond acceptors (Lipinski definition) is 4. The number of carbonyl (C=O) groups is 1. The fraction of sp³-hybridized carbons (Fsp3) is 0.857. The molecule has 2 atom stereocenters. The Hall–Kier alpha value is -0.870. The highest BCUT2D eigenvalue weighted by Crippen LogP contribution is 2.10. The highest BCUT2D eigenvalue weighted by atomic mass is 16.5. The predicted octanol–water partition coefficient (Wildman–Crippen LogP) is 4.92. The Balaban J connectivity index is 3.33. The lowest BCUT2D eigenvalue weighted by atomic mass is 10.1. The van der Waals surface area contributed by atoms with Gasteiger partial charge in [-0.3, -0.25) is 4.79 Å². The smallest absolute Gasteiger partial charge is 0.305 e. The molecule has 4 nitrogen and oxygen atoms in total. The van der Waals surface area contributed by atoms with E-state index in [0.717, 1.165) is 51.4 Å². The van der Waals surface area contributed by atoms with E-state index in [-0.39, 0.29) is 18.7 Å². The zero-order chi connectivity index (χ0) is 18.8. The van der Waals surface area contributed by atoms with Gasteiger partial charge in [0, 0.05) is 6.42 Å². The molecular formula is C21H40O4. The minimum absolute atomic E-state index is 0.0958. The molecule has 0 aliphatic heterocycles. The van der Waals surface area contributed by atoms with Crippen molar-refractivity contribution in [2.45, 2.75) is 110 Å². The first-order valence-electron chi connectivity index (χ1n) is 10.2. The number of esters is 1. The van der Waals surface area contributed by atoms with E-state index in [2.05, 4.69) is 19.1 Å². The SMILES string of the molecule is CCCCCC[C@@H](O)C/C=C\CCCCCCCC(=O)OCC(C)O. The van der Waals surface area contributed by atoms with Gasteiger partial charge in [0.25, 0.3) is 0 Å². The highest BCUT2D eigenvalue weighted by molar-refractivity contribution is 5.69. The Labute approximate surface area is 154 Å². The third kappa shape index (κ3) is 19.3. The van der Waals surface area contributed by atoms with E-state index in [1.807, 2.05) is 0 Å². The number of ether oxygens (including phenoxy) is 1. The van der Waals surface area contributed by atoms with Gasteiger partial charge in [0.2, 0.25) is 0 Å². The molecule has 0 rings (SSSR count). The van der Waals surface area contributed by atoms with Gasteiger partial charge < -0.3 is 14.9 Å². The molecule has 0 spiro atoms. The zero-order valence-corrected chi connectivity index (χ0v) is 16.4. The summed E-state index contributed by atoms with van der Waals surface area (Å²) < 4.78 is 4.91. The first-order chi connectivity index (χ1) is 12.1. The van der Waals surface area contributed by atoms with Crippen LogP contribution in [-0.2, 0) is 9.53 Å². The van der Waals surface area contributed by atoms with Gasteiger partial charge in [0.15, 0.2) is 0 Å². The van der Waals surface area contributed by atoms with Crippen molar-refractivity contribution in [3.8, 4) is 0 Å². The average molecular weight is 357 g/mol. The zero-order valence-electron chi connectivity index (χ0n) is 16.4. The summed E-state index contributed by atoms with van der Waals surface area (Å²) in [6.45, 7) is 3.90. The van der Waals surface area contributed by atoms with Gasteiger partial charge in [-0.05, 0) is 39.0 Å². The molecule has 148 valence electrons. The molecule has 0 fully saturated rings. The summed E-state index contributed by atoms with van der Waals surface area (Å²) in [5, 5.41) is 18.9. The standard InChI is InChI=1S/C21H40O4/c1-3-4-5-12-15-20(23)16-13-10-8-6-7-9-11-14-17-21(24)25-18-19(2)22/h10,13,19-20,22-23H,3-9,11-12,14-18H2,1-2H3/b13-10-/t19?,20-/m1/s1. The van der Waals surface area contributed by atoms with Crippen LogP contribution in [0.4, 0.5) is 0 Å². The van der Waals surface area contributed by atoms with E-state index in [9.17, 15) is 9.90 Å². The maximum atomic E-state index is 11.3. The summed E-state index contributed by atoms with van der Waals surface area (Å²) in [5.74, 6) is -0.211. The van der Waals surface area contributed by atoms with E-state index >= 15 is 0 Å². The Morgan fingerprint density at radius 1 is 0.960 bits per heavy atom. The third-order valence-corrected chi connectivity index (χ3v) is 4.20. The van der Waals surface area contributed by atoms with E-state index in [1.165, 1.54) is 25.7 Å². The second-order valence-electron chi connectivity index (χ2n) is 7.05. The van der Waals surface area contributed by atoms with Crippen LogP contribution in [0.1, 0.15) is 97.3 Å². The maximum absolute atomic E-state index is 11.3. The van der Waals surface area contributed by atoms with Gasteiger partial charge in [-0.15, -0.1) is 0 Å². The van der Waals surface area contributed by atoms with Crippen molar-refractivity contribution in [3.63, 3.8) is 0 Å². The van der Waals surface area contributed by atoms with Gasteiger partial charge >= 0.3 is 5.97 Å². The van der Waals surface area contributed by atoms with Crippen molar-refractivity contribution in [2.24, 2.45) is 0 Å². The molecule has 25 heavy (non-hydrogen) atoms. The van der Waals surface area contributed by atoms with Gasteiger partial charge in [0.05, 0.1) is 12.2 Å². The summed E-state index contributed by atoms with van der Waals surface area (Å²) in [5.41, 5.74) is 0. The van der Waals surface area contributed by atoms with Crippen molar-refractivity contribution >= 4 is 5.97 Å². The fourth-order valence-electron chi connectivity index (χ4n) is 2.64. The number of rotatable bonds is 17. The summed E-state index contributed by atoms with van der Waals surface area (Å²) in [7, 11) is 0. The molecule has 0 saturated heterocycles. The molecule has 0 aromatic heterocycles. The molecule has 0 bridgehead atoms. The normalized spacial score (nSPS) is 13.9. The Morgan fingerprint density at radius 2 is 1.64 bits per heavy atom. The van der Waals surface area contributed by atoms with Gasteiger partial charge in [-0.2, -0.15) is 0 Å². The summed E-state index contributed by atoms with van der Waals surface area (Å²) in [4.78, 5) is 11.3. The van der Waals surface area contributed by atoms with Crippen LogP contribution in [0.2, 0.25) is 0 Å². The number of carbonyl (C=O) groups excluding carboxylic acids is 1. The molecule has 0 radical (unpaired) electrons. The van der Waals surface area contributed by atoms with E-state index in [1.54, 1.807) is 6.92 Å². The number of aliphatic hydroxyl groups excluding tert-OH is 2. The van der Waals surface area contributed by atoms with Crippen LogP contribution in [-0.4, -0.2) is 35.0 Å². The first kappa shape index (κ1) is 24.1. The van der Waals surface area contributed by atoms with E-state index < -0.39 is 6.10 Å². The Morgan fingerprint density at radius 3 is 2.36 bits per heavy atom. The predicted molar refractivity (Wildman–Crippen MR) is 103 cm³/mol. The van der Waals surface area contributed by atoms with Gasteiger partial charge in [-0.25, -0.2) is 0 Å². The van der Waals surface area contributed by atoms with Crippen LogP contribution < -0.4 is 0 Å². The molecule has 0 amide bonds. The minimum Gasteiger partial charge on any atom is -0.463 e. The molecule has 0 saturated carbocycles. The molecule has 0 aliphatic carbocycles. The van der Waals surface area contributed by atoms with Crippen LogP contribution in [0, 0.1) is 0 Å². The van der Waals surface area contributed by atoms with Crippen molar-refractivity contribution in [1.82, 2.24) is 0 Å². The Kier molecular flexibility index (Phi) is 17.3. The topological polar surface area (TPSA) is 66.8 Å². The molecule has 0 aromatic carbocycles. The van der Waals surface area contributed by atoms with Gasteiger partial charge in [0.1, 0.15) is 6.61 Å². The second kappa shape index (κ2) is 17.9.